The van der Waals surface area contributed by atoms with E-state index in [9.17, 15) is 0 Å². The maximum atomic E-state index is 2.29. The second-order valence-electron chi connectivity index (χ2n) is 6.66. The smallest absolute Gasteiger partial charge is 0 e. The van der Waals surface area contributed by atoms with Gasteiger partial charge in [-0.1, -0.05) is 110 Å². The van der Waals surface area contributed by atoms with E-state index >= 15 is 0 Å². The normalized spacial score (nSPS) is 10.0. The summed E-state index contributed by atoms with van der Waals surface area (Å²) in [7, 11) is -0.553. The zero-order valence-corrected chi connectivity index (χ0v) is 18.6. The van der Waals surface area contributed by atoms with Crippen LogP contribution in [0.5, 0.6) is 0 Å². The number of rotatable bonds is 4. The molecule has 0 unspecified atom stereocenters. The molecule has 0 saturated carbocycles. The molecule has 0 aliphatic carbocycles. The first-order valence-corrected chi connectivity index (χ1v) is 11.2. The average Bonchev–Trinajstić information content (AvgIpc) is 3.52. The van der Waals surface area contributed by atoms with Crippen molar-refractivity contribution in [3.63, 3.8) is 0 Å². The molecule has 5 aromatic rings. The van der Waals surface area contributed by atoms with E-state index in [4.69, 9.17) is 0 Å². The van der Waals surface area contributed by atoms with Crippen LogP contribution >= 0.6 is 7.92 Å². The minimum atomic E-state index is -0.553. The Morgan fingerprint density at radius 2 is 1.03 bits per heavy atom. The third-order valence-electron chi connectivity index (χ3n) is 4.70. The molecule has 0 atom stereocenters. The van der Waals surface area contributed by atoms with E-state index in [2.05, 4.69) is 109 Å². The van der Waals surface area contributed by atoms with Gasteiger partial charge in [0.15, 0.2) is 0 Å². The van der Waals surface area contributed by atoms with Crippen molar-refractivity contribution in [1.29, 1.82) is 0 Å². The molecular formula is C28H23FeP-2. The summed E-state index contributed by atoms with van der Waals surface area (Å²) in [4.78, 5) is 0. The molecule has 2 heteroatoms. The summed E-state index contributed by atoms with van der Waals surface area (Å²) in [6.07, 6.45) is 0. The predicted molar refractivity (Wildman–Crippen MR) is 128 cm³/mol. The van der Waals surface area contributed by atoms with Crippen molar-refractivity contribution in [1.82, 2.24) is 0 Å². The summed E-state index contributed by atoms with van der Waals surface area (Å²) < 4.78 is 0. The van der Waals surface area contributed by atoms with E-state index in [1.54, 1.807) is 0 Å². The molecule has 0 fully saturated rings. The van der Waals surface area contributed by atoms with Crippen LogP contribution in [0.25, 0.3) is 11.1 Å². The Morgan fingerprint density at radius 3 is 1.50 bits per heavy atom. The standard InChI is InChI=1S/C23H18P.C5H5.Fe/c1-4-11-19(12-5-1)22-17-10-18-23(22)24(20-13-6-2-7-14-20)21-15-8-3-9-16-21;1-2-4-5-3-1;/h1-18H;1-5H;/q2*-1;. The minimum Gasteiger partial charge on any atom is -0.214 e. The van der Waals surface area contributed by atoms with Crippen molar-refractivity contribution in [2.75, 3.05) is 0 Å². The zero-order chi connectivity index (χ0) is 19.7. The second-order valence-corrected chi connectivity index (χ2v) is 8.84. The van der Waals surface area contributed by atoms with Gasteiger partial charge in [-0.25, -0.2) is 12.1 Å². The molecule has 5 rings (SSSR count). The average molecular weight is 446 g/mol. The van der Waals surface area contributed by atoms with Gasteiger partial charge in [-0.2, -0.15) is 30.3 Å². The maximum Gasteiger partial charge on any atom is 0 e. The summed E-state index contributed by atoms with van der Waals surface area (Å²) >= 11 is 0. The molecule has 0 bridgehead atoms. The summed E-state index contributed by atoms with van der Waals surface area (Å²) in [5.74, 6) is 0. The molecule has 150 valence electrons. The van der Waals surface area contributed by atoms with Gasteiger partial charge in [0.25, 0.3) is 0 Å². The first-order valence-electron chi connectivity index (χ1n) is 9.81. The van der Waals surface area contributed by atoms with Gasteiger partial charge < -0.3 is 0 Å². The third kappa shape index (κ3) is 5.47. The van der Waals surface area contributed by atoms with Crippen LogP contribution in [-0.2, 0) is 17.1 Å². The monoisotopic (exact) mass is 446 g/mol. The molecule has 0 spiro atoms. The zero-order valence-electron chi connectivity index (χ0n) is 16.6. The molecule has 0 radical (unpaired) electrons. The first kappa shape index (κ1) is 22.0. The van der Waals surface area contributed by atoms with Gasteiger partial charge in [0.2, 0.25) is 0 Å². The molecule has 0 saturated heterocycles. The number of benzene rings is 3. The summed E-state index contributed by atoms with van der Waals surface area (Å²) in [6.45, 7) is 0. The van der Waals surface area contributed by atoms with Crippen LogP contribution in [0.1, 0.15) is 0 Å². The molecule has 0 N–H and O–H groups in total. The van der Waals surface area contributed by atoms with E-state index in [0.717, 1.165) is 0 Å². The Hall–Kier alpha value is -2.69. The van der Waals surface area contributed by atoms with Crippen molar-refractivity contribution in [2.45, 2.75) is 0 Å². The molecule has 0 aliphatic heterocycles. The van der Waals surface area contributed by atoms with Gasteiger partial charge in [-0.15, -0.1) is 11.6 Å². The molecule has 0 amide bonds. The van der Waals surface area contributed by atoms with E-state index in [-0.39, 0.29) is 17.1 Å². The maximum absolute atomic E-state index is 2.29. The quantitative estimate of drug-likeness (QED) is 0.174. The van der Waals surface area contributed by atoms with Crippen LogP contribution < -0.4 is 15.9 Å². The van der Waals surface area contributed by atoms with Gasteiger partial charge in [-0.3, -0.25) is 0 Å². The predicted octanol–water partition coefficient (Wildman–Crippen LogP) is 6.23. The van der Waals surface area contributed by atoms with Crippen LogP contribution in [-0.4, -0.2) is 0 Å². The number of hydrogen-bond donors (Lipinski definition) is 0. The van der Waals surface area contributed by atoms with E-state index in [0.29, 0.717) is 0 Å². The van der Waals surface area contributed by atoms with Crippen LogP contribution in [0.2, 0.25) is 0 Å². The van der Waals surface area contributed by atoms with Crippen molar-refractivity contribution >= 4 is 23.8 Å². The molecular weight excluding hydrogens is 423 g/mol. The molecule has 0 aromatic heterocycles. The molecule has 0 aliphatic rings. The molecule has 30 heavy (non-hydrogen) atoms. The van der Waals surface area contributed by atoms with Crippen LogP contribution in [0.15, 0.2) is 140 Å². The van der Waals surface area contributed by atoms with E-state index in [1.807, 2.05) is 30.3 Å². The van der Waals surface area contributed by atoms with Crippen molar-refractivity contribution in [3.05, 3.63) is 140 Å². The van der Waals surface area contributed by atoms with Crippen molar-refractivity contribution in [2.24, 2.45) is 0 Å². The fourth-order valence-corrected chi connectivity index (χ4v) is 5.84. The largest absolute Gasteiger partial charge is 0.214 e. The van der Waals surface area contributed by atoms with Gasteiger partial charge in [0, 0.05) is 17.1 Å². The van der Waals surface area contributed by atoms with E-state index in [1.165, 1.54) is 27.0 Å². The van der Waals surface area contributed by atoms with Crippen molar-refractivity contribution < 1.29 is 17.1 Å². The molecule has 5 aromatic carbocycles. The fraction of sp³-hybridized carbons (Fsp3) is 0. The summed E-state index contributed by atoms with van der Waals surface area (Å²) in [5, 5.41) is 4.21. The first-order chi connectivity index (χ1) is 14.4. The van der Waals surface area contributed by atoms with E-state index < -0.39 is 7.92 Å². The van der Waals surface area contributed by atoms with Gasteiger partial charge in [0.1, 0.15) is 0 Å². The molecule has 0 heterocycles. The summed E-state index contributed by atoms with van der Waals surface area (Å²) in [5.41, 5.74) is 2.63. The second kappa shape index (κ2) is 11.5. The fourth-order valence-electron chi connectivity index (χ4n) is 3.37. The number of hydrogen-bond acceptors (Lipinski definition) is 0. The summed E-state index contributed by atoms with van der Waals surface area (Å²) in [6, 6.07) is 49.1. The van der Waals surface area contributed by atoms with Crippen LogP contribution in [0, 0.1) is 0 Å². The van der Waals surface area contributed by atoms with Gasteiger partial charge >= 0.3 is 0 Å². The SMILES string of the molecule is [Fe].c1cc[cH-]c1.c1ccc(-c2ccc[c-]2P(c2ccccc2)c2ccccc2)cc1. The van der Waals surface area contributed by atoms with Gasteiger partial charge in [-0.05, 0) is 10.6 Å². The van der Waals surface area contributed by atoms with Crippen LogP contribution in [0.3, 0.4) is 0 Å². The van der Waals surface area contributed by atoms with Crippen molar-refractivity contribution in [3.8, 4) is 11.1 Å². The minimum absolute atomic E-state index is 0. The third-order valence-corrected chi connectivity index (χ3v) is 7.20. The van der Waals surface area contributed by atoms with Crippen LogP contribution in [0.4, 0.5) is 0 Å². The Bertz CT molecular complexity index is 1020. The van der Waals surface area contributed by atoms with Gasteiger partial charge in [0.05, 0.1) is 0 Å². The Labute approximate surface area is 191 Å². The Morgan fingerprint density at radius 1 is 0.533 bits per heavy atom. The molecule has 0 nitrogen and oxygen atoms in total. The topological polar surface area (TPSA) is 0 Å². The Kier molecular flexibility index (Phi) is 8.42. The Balaban J connectivity index is 0.000000376.